The monoisotopic (exact) mass is 1060 g/mol. The van der Waals surface area contributed by atoms with Gasteiger partial charge >= 0.3 is 0 Å². The minimum atomic E-state index is -3.68. The van der Waals surface area contributed by atoms with Crippen LogP contribution in [0.3, 0.4) is 0 Å². The van der Waals surface area contributed by atoms with E-state index in [1.165, 1.54) is 0 Å². The maximum Gasteiger partial charge on any atom is 0.148 e. The average Bonchev–Trinajstić information content (AvgIpc) is 3.72. The van der Waals surface area contributed by atoms with Gasteiger partial charge in [0.1, 0.15) is 11.6 Å². The van der Waals surface area contributed by atoms with Crippen molar-refractivity contribution in [3.63, 3.8) is 0 Å². The zero-order valence-corrected chi connectivity index (χ0v) is 42.1. The van der Waals surface area contributed by atoms with Gasteiger partial charge in [-0.05, 0) is 104 Å². The van der Waals surface area contributed by atoms with E-state index in [0.717, 1.165) is 56.3 Å². The van der Waals surface area contributed by atoms with Crippen LogP contribution in [0.2, 0.25) is 0 Å². The van der Waals surface area contributed by atoms with Gasteiger partial charge in [0.2, 0.25) is 0 Å². The van der Waals surface area contributed by atoms with Crippen LogP contribution in [-0.2, 0) is 37.3 Å². The van der Waals surface area contributed by atoms with Crippen LogP contribution in [0.5, 0.6) is 5.75 Å². The van der Waals surface area contributed by atoms with Gasteiger partial charge in [-0.3, -0.25) is 9.55 Å². The molecule has 2 heterocycles. The second-order valence-electron chi connectivity index (χ2n) is 20.2. The molecular weight excluding hydrogens is 986 g/mol. The van der Waals surface area contributed by atoms with Gasteiger partial charge in [0, 0.05) is 52.2 Å². The Bertz CT molecular complexity index is 3380. The van der Waals surface area contributed by atoms with E-state index in [4.69, 9.17) is 17.3 Å². The molecule has 0 fully saturated rings. The Morgan fingerprint density at radius 1 is 0.636 bits per heavy atom. The SMILES string of the molecule is [2H]c1c(-c2cccc3c2nc(-c2cc(C(C)(C)C)cc(C(C)(C)C)c2O)n3-c2c(C(C)C)cc(-c3ccccc3)cc2C(C)C)[c-]c(-c2cc(-c3ccc(C)cc3)ccn2)cc1C(C([2H])([2H])[2H])(C([2H])([2H])[2H])C([2H])([2H])[2H].[Pt]. The van der Waals surface area contributed by atoms with Gasteiger partial charge in [0.25, 0.3) is 0 Å². The molecule has 66 heavy (non-hydrogen) atoms. The number of para-hydroxylation sites is 1. The van der Waals surface area contributed by atoms with Crippen LogP contribution in [0, 0.1) is 13.0 Å². The number of phenolic OH excluding ortho intramolecular Hbond substituents is 1. The second-order valence-corrected chi connectivity index (χ2v) is 20.2. The summed E-state index contributed by atoms with van der Waals surface area (Å²) in [6.07, 6.45) is 1.57. The molecule has 4 nitrogen and oxygen atoms in total. The van der Waals surface area contributed by atoms with E-state index in [9.17, 15) is 6.48 Å². The Kier molecular flexibility index (Phi) is 10.1. The topological polar surface area (TPSA) is 50.9 Å². The normalized spacial score (nSPS) is 15.1. The smallest absolute Gasteiger partial charge is 0.148 e. The molecule has 0 radical (unpaired) electrons. The first-order valence-electron chi connectivity index (χ1n) is 27.5. The Labute approximate surface area is 422 Å². The van der Waals surface area contributed by atoms with Crippen LogP contribution in [-0.4, -0.2) is 19.6 Å². The molecule has 0 saturated carbocycles. The predicted octanol–water partition coefficient (Wildman–Crippen LogP) is 16.7. The summed E-state index contributed by atoms with van der Waals surface area (Å²) >= 11 is 0. The predicted molar refractivity (Wildman–Crippen MR) is 276 cm³/mol. The van der Waals surface area contributed by atoms with E-state index < -0.39 is 43.0 Å². The minimum absolute atomic E-state index is 0. The van der Waals surface area contributed by atoms with Crippen LogP contribution in [0.4, 0.5) is 0 Å². The van der Waals surface area contributed by atoms with E-state index >= 15 is 0 Å². The maximum atomic E-state index is 12.7. The van der Waals surface area contributed by atoms with Crippen LogP contribution < -0.4 is 0 Å². The first-order chi connectivity index (χ1) is 34.8. The molecule has 6 aromatic carbocycles. The molecule has 0 atom stereocenters. The van der Waals surface area contributed by atoms with Crippen LogP contribution in [0.25, 0.3) is 72.7 Å². The third-order valence-corrected chi connectivity index (χ3v) is 12.4. The molecule has 0 spiro atoms. The van der Waals surface area contributed by atoms with Crippen molar-refractivity contribution < 1.29 is 39.9 Å². The van der Waals surface area contributed by atoms with Crippen LogP contribution >= 0.6 is 0 Å². The van der Waals surface area contributed by atoms with Crippen molar-refractivity contribution in [2.24, 2.45) is 0 Å². The largest absolute Gasteiger partial charge is 0.507 e. The van der Waals surface area contributed by atoms with Gasteiger partial charge in [0.05, 0.1) is 22.3 Å². The van der Waals surface area contributed by atoms with E-state index in [1.54, 1.807) is 30.5 Å². The summed E-state index contributed by atoms with van der Waals surface area (Å²) in [6, 6.07) is 39.3. The molecule has 0 saturated heterocycles. The number of fused-ring (bicyclic) bond motifs is 1. The number of rotatable bonds is 8. The van der Waals surface area contributed by atoms with Crippen molar-refractivity contribution in [1.82, 2.24) is 14.5 Å². The minimum Gasteiger partial charge on any atom is -0.507 e. The van der Waals surface area contributed by atoms with Crippen molar-refractivity contribution in [1.29, 1.82) is 0 Å². The van der Waals surface area contributed by atoms with Gasteiger partial charge in [-0.1, -0.05) is 185 Å². The Morgan fingerprint density at radius 2 is 1.29 bits per heavy atom. The van der Waals surface area contributed by atoms with Gasteiger partial charge < -0.3 is 5.11 Å². The molecule has 8 rings (SSSR count). The first kappa shape index (κ1) is 36.5. The summed E-state index contributed by atoms with van der Waals surface area (Å²) in [6.45, 7) is 12.0. The number of phenols is 1. The average molecular weight is 1060 g/mol. The number of aromatic nitrogens is 3. The van der Waals surface area contributed by atoms with Crippen LogP contribution in [0.1, 0.15) is 149 Å². The van der Waals surface area contributed by atoms with Crippen molar-refractivity contribution in [3.05, 3.63) is 167 Å². The summed E-state index contributed by atoms with van der Waals surface area (Å²) in [5, 5.41) is 12.7. The molecule has 0 aliphatic rings. The molecule has 342 valence electrons. The van der Waals surface area contributed by atoms with Gasteiger partial charge in [0.15, 0.2) is 0 Å². The number of aromatic hydroxyl groups is 1. The molecule has 0 aliphatic carbocycles. The Balaban J connectivity index is 0.00000840. The van der Waals surface area contributed by atoms with Crippen molar-refractivity contribution in [2.75, 3.05) is 0 Å². The van der Waals surface area contributed by atoms with E-state index in [0.29, 0.717) is 28.0 Å². The quantitative estimate of drug-likeness (QED) is 0.154. The number of hydrogen-bond donors (Lipinski definition) is 1. The summed E-state index contributed by atoms with van der Waals surface area (Å²) in [7, 11) is 0. The molecule has 0 aliphatic heterocycles. The molecule has 8 aromatic rings. The van der Waals surface area contributed by atoms with Crippen LogP contribution in [0.15, 0.2) is 128 Å². The van der Waals surface area contributed by atoms with Gasteiger partial charge in [-0.15, -0.1) is 29.3 Å². The molecule has 0 amide bonds. The summed E-state index contributed by atoms with van der Waals surface area (Å²) < 4.78 is 91.6. The second kappa shape index (κ2) is 18.3. The number of hydrogen-bond acceptors (Lipinski definition) is 3. The Hall–Kier alpha value is -5.57. The summed E-state index contributed by atoms with van der Waals surface area (Å²) in [4.78, 5) is 10.2. The van der Waals surface area contributed by atoms with E-state index in [1.807, 2.05) is 67.6 Å². The number of benzene rings is 6. The molecular formula is C61H66N3OPt-. The molecule has 0 bridgehead atoms. The zero-order chi connectivity index (χ0) is 55.1. The van der Waals surface area contributed by atoms with Gasteiger partial charge in [-0.2, -0.15) is 0 Å². The number of nitrogens with zero attached hydrogens (tertiary/aromatic N) is 3. The number of pyridine rings is 1. The fourth-order valence-electron chi connectivity index (χ4n) is 8.63. The standard InChI is InChI=1S/C61H66N3O.Pt/c1-37(2)49-32-43(40-19-16-15-17-20-40)33-50(38(3)4)56(49)64-54-22-18-21-48(55(54)63-58(64)51-35-47(60(9,10)11)36-52(57(51)65)61(12,13)14)44-29-45(31-46(30-44)59(6,7)8)53-34-42(27-28-62-53)41-25-23-39(5)24-26-41;/h15-28,30-38,65H,1-14H3;/q-1;/i6D3,7D3,8D3,30D;. The fraction of sp³-hybridized carbons (Fsp3) is 0.311. The number of imidazole rings is 1. The molecule has 0 unspecified atom stereocenters. The maximum absolute atomic E-state index is 12.7. The third kappa shape index (κ3) is 9.50. The van der Waals surface area contributed by atoms with E-state index in [-0.39, 0.29) is 66.4 Å². The first-order valence-corrected chi connectivity index (χ1v) is 22.5. The van der Waals surface area contributed by atoms with Crippen molar-refractivity contribution in [3.8, 4) is 67.5 Å². The summed E-state index contributed by atoms with van der Waals surface area (Å²) in [5.74, 6) is 0.372. The Morgan fingerprint density at radius 3 is 1.89 bits per heavy atom. The summed E-state index contributed by atoms with van der Waals surface area (Å²) in [5.41, 5.74) is 5.92. The fourth-order valence-corrected chi connectivity index (χ4v) is 8.63. The van der Waals surface area contributed by atoms with Crippen molar-refractivity contribution >= 4 is 11.0 Å². The number of aryl methyl sites for hydroxylation is 1. The molecule has 2 aromatic heterocycles. The van der Waals surface area contributed by atoms with Gasteiger partial charge in [-0.25, -0.2) is 4.98 Å². The molecule has 5 heteroatoms. The molecule has 1 N–H and O–H groups in total. The zero-order valence-electron chi connectivity index (χ0n) is 49.8. The third-order valence-electron chi connectivity index (χ3n) is 12.4. The van der Waals surface area contributed by atoms with Crippen molar-refractivity contribution in [2.45, 2.75) is 125 Å². The van der Waals surface area contributed by atoms with E-state index in [2.05, 4.69) is 109 Å².